The molecule has 8 rings (SSSR count). The minimum Gasteiger partial charge on any atom is -0.256 e. The van der Waals surface area contributed by atoms with Gasteiger partial charge in [-0.2, -0.15) is 0 Å². The first-order valence-corrected chi connectivity index (χ1v) is 12.4. The van der Waals surface area contributed by atoms with Crippen molar-refractivity contribution in [1.82, 2.24) is 4.98 Å². The highest BCUT2D eigenvalue weighted by atomic mass is 14.7. The summed E-state index contributed by atoms with van der Waals surface area (Å²) in [5.74, 6) is 0. The predicted octanol–water partition coefficient (Wildman–Crippen LogP) is 9.52. The van der Waals surface area contributed by atoms with Crippen molar-refractivity contribution in [1.29, 1.82) is 0 Å². The molecule has 0 atom stereocenters. The van der Waals surface area contributed by atoms with Crippen LogP contribution in [0.4, 0.5) is 0 Å². The van der Waals surface area contributed by atoms with E-state index in [4.69, 9.17) is 4.98 Å². The highest BCUT2D eigenvalue weighted by Gasteiger charge is 2.28. The van der Waals surface area contributed by atoms with Crippen molar-refractivity contribution >= 4 is 32.3 Å². The van der Waals surface area contributed by atoms with Gasteiger partial charge in [0, 0.05) is 17.3 Å². The smallest absolute Gasteiger partial charge is 0.0714 e. The van der Waals surface area contributed by atoms with Gasteiger partial charge in [-0.15, -0.1) is 0 Å². The summed E-state index contributed by atoms with van der Waals surface area (Å²) < 4.78 is 0. The molecule has 0 radical (unpaired) electrons. The average Bonchev–Trinajstić information content (AvgIpc) is 3.27. The Labute approximate surface area is 209 Å². The zero-order valence-electron chi connectivity index (χ0n) is 19.6. The van der Waals surface area contributed by atoms with E-state index in [9.17, 15) is 0 Å². The Morgan fingerprint density at radius 2 is 1.19 bits per heavy atom. The minimum atomic E-state index is 1.02. The maximum Gasteiger partial charge on any atom is 0.0714 e. The average molecular weight is 456 g/mol. The topological polar surface area (TPSA) is 12.9 Å². The summed E-state index contributed by atoms with van der Waals surface area (Å²) in [6.45, 7) is 0. The van der Waals surface area contributed by atoms with E-state index in [1.54, 1.807) is 0 Å². The summed E-state index contributed by atoms with van der Waals surface area (Å²) in [7, 11) is 0. The molecule has 166 valence electrons. The summed E-state index contributed by atoms with van der Waals surface area (Å²) in [5.41, 5.74) is 9.96. The molecule has 1 heteroatoms. The van der Waals surface area contributed by atoms with Crippen LogP contribution in [0, 0.1) is 0 Å². The Morgan fingerprint density at radius 3 is 2.08 bits per heavy atom. The van der Waals surface area contributed by atoms with Crippen LogP contribution in [0.5, 0.6) is 0 Å². The molecule has 0 aliphatic heterocycles. The molecule has 6 aromatic carbocycles. The molecule has 0 saturated heterocycles. The van der Waals surface area contributed by atoms with Gasteiger partial charge in [0.15, 0.2) is 0 Å². The van der Waals surface area contributed by atoms with Crippen LogP contribution in [-0.2, 0) is 0 Å². The fourth-order valence-corrected chi connectivity index (χ4v) is 6.14. The Kier molecular flexibility index (Phi) is 4.00. The second kappa shape index (κ2) is 7.37. The zero-order chi connectivity index (χ0) is 23.6. The Hall–Kier alpha value is -4.75. The molecule has 1 aromatic heterocycles. The lowest BCUT2D eigenvalue weighted by Gasteiger charge is -2.16. The third-order valence-electron chi connectivity index (χ3n) is 7.64. The second-order valence-corrected chi connectivity index (χ2v) is 9.53. The van der Waals surface area contributed by atoms with Gasteiger partial charge in [0.25, 0.3) is 0 Å². The van der Waals surface area contributed by atoms with Gasteiger partial charge in [-0.05, 0) is 78.3 Å². The first kappa shape index (κ1) is 19.5. The van der Waals surface area contributed by atoms with Gasteiger partial charge in [-0.3, -0.25) is 4.98 Å². The number of hydrogen-bond donors (Lipinski definition) is 0. The zero-order valence-corrected chi connectivity index (χ0v) is 19.6. The highest BCUT2D eigenvalue weighted by Crippen LogP contribution is 2.55. The van der Waals surface area contributed by atoms with Crippen LogP contribution in [0.15, 0.2) is 128 Å². The number of benzene rings is 6. The van der Waals surface area contributed by atoms with Gasteiger partial charge in [0.05, 0.1) is 5.69 Å². The summed E-state index contributed by atoms with van der Waals surface area (Å²) >= 11 is 0. The lowest BCUT2D eigenvalue weighted by Crippen LogP contribution is -1.91. The molecule has 0 spiro atoms. The lowest BCUT2D eigenvalue weighted by molar-refractivity contribution is 1.33. The van der Waals surface area contributed by atoms with Crippen molar-refractivity contribution in [2.24, 2.45) is 0 Å². The summed E-state index contributed by atoms with van der Waals surface area (Å²) in [6, 6.07) is 43.9. The number of hydrogen-bond acceptors (Lipinski definition) is 1. The molecule has 36 heavy (non-hydrogen) atoms. The molecule has 7 aromatic rings. The van der Waals surface area contributed by atoms with E-state index < -0.39 is 0 Å². The van der Waals surface area contributed by atoms with E-state index >= 15 is 0 Å². The quantitative estimate of drug-likeness (QED) is 0.237. The Balaban J connectivity index is 1.56. The molecule has 0 bridgehead atoms. The first-order valence-electron chi connectivity index (χ1n) is 12.4. The van der Waals surface area contributed by atoms with Crippen molar-refractivity contribution in [2.45, 2.75) is 0 Å². The molecular weight excluding hydrogens is 434 g/mol. The van der Waals surface area contributed by atoms with E-state index in [0.717, 1.165) is 5.69 Å². The third kappa shape index (κ3) is 2.63. The molecule has 0 amide bonds. The maximum atomic E-state index is 4.88. The Bertz CT molecular complexity index is 1970. The van der Waals surface area contributed by atoms with Gasteiger partial charge in [-0.25, -0.2) is 0 Å². The maximum absolute atomic E-state index is 4.88. The fourth-order valence-electron chi connectivity index (χ4n) is 6.14. The van der Waals surface area contributed by atoms with Crippen molar-refractivity contribution in [3.05, 3.63) is 128 Å². The van der Waals surface area contributed by atoms with Crippen molar-refractivity contribution in [3.8, 4) is 44.6 Å². The van der Waals surface area contributed by atoms with E-state index in [-0.39, 0.29) is 0 Å². The first-order chi connectivity index (χ1) is 17.9. The van der Waals surface area contributed by atoms with Crippen LogP contribution in [0.2, 0.25) is 0 Å². The van der Waals surface area contributed by atoms with E-state index in [2.05, 4.69) is 115 Å². The van der Waals surface area contributed by atoms with Crippen LogP contribution < -0.4 is 0 Å². The third-order valence-corrected chi connectivity index (χ3v) is 7.64. The molecule has 0 N–H and O–H groups in total. The van der Waals surface area contributed by atoms with Gasteiger partial charge in [0.2, 0.25) is 0 Å². The van der Waals surface area contributed by atoms with Crippen LogP contribution in [-0.4, -0.2) is 4.98 Å². The van der Waals surface area contributed by atoms with Crippen LogP contribution >= 0.6 is 0 Å². The molecule has 0 saturated carbocycles. The highest BCUT2D eigenvalue weighted by molar-refractivity contribution is 6.27. The molecule has 1 nitrogen and oxygen atoms in total. The fraction of sp³-hybridized carbons (Fsp3) is 0. The number of aromatic nitrogens is 1. The normalized spacial score (nSPS) is 11.9. The van der Waals surface area contributed by atoms with Crippen molar-refractivity contribution in [3.63, 3.8) is 0 Å². The summed E-state index contributed by atoms with van der Waals surface area (Å²) in [4.78, 5) is 4.88. The standard InChI is InChI=1S/C35H21N/c1-2-9-22(10-3-1)25-18-19-28-30-21-24-17-16-23-11-4-5-12-26(23)32(24)35(31-15-6-7-20-36-31)34(30)29-14-8-13-27(25)33(28)29/h1-21H. The molecular formula is C35H21N. The summed E-state index contributed by atoms with van der Waals surface area (Å²) in [6.07, 6.45) is 1.90. The lowest BCUT2D eigenvalue weighted by atomic mass is 9.88. The van der Waals surface area contributed by atoms with Crippen LogP contribution in [0.3, 0.4) is 0 Å². The molecule has 1 aliphatic rings. The molecule has 0 unspecified atom stereocenters. The van der Waals surface area contributed by atoms with Gasteiger partial charge < -0.3 is 0 Å². The molecule has 1 aliphatic carbocycles. The van der Waals surface area contributed by atoms with Crippen LogP contribution in [0.1, 0.15) is 0 Å². The van der Waals surface area contributed by atoms with Gasteiger partial charge in [-0.1, -0.05) is 103 Å². The summed E-state index contributed by atoms with van der Waals surface area (Å²) in [5, 5.41) is 7.69. The van der Waals surface area contributed by atoms with Crippen molar-refractivity contribution in [2.75, 3.05) is 0 Å². The monoisotopic (exact) mass is 455 g/mol. The van der Waals surface area contributed by atoms with Crippen molar-refractivity contribution < 1.29 is 0 Å². The largest absolute Gasteiger partial charge is 0.256 e. The second-order valence-electron chi connectivity index (χ2n) is 9.53. The SMILES string of the molecule is c1ccc(-c2ccc3c4c(cccc24)-c2c-3cc3ccc4ccccc4c3c2-c2ccccn2)cc1. The van der Waals surface area contributed by atoms with Crippen LogP contribution in [0.25, 0.3) is 77.0 Å². The van der Waals surface area contributed by atoms with E-state index in [0.29, 0.717) is 0 Å². The van der Waals surface area contributed by atoms with E-state index in [1.165, 1.54) is 71.3 Å². The predicted molar refractivity (Wildman–Crippen MR) is 152 cm³/mol. The van der Waals surface area contributed by atoms with Gasteiger partial charge in [0.1, 0.15) is 0 Å². The van der Waals surface area contributed by atoms with E-state index in [1.807, 2.05) is 12.3 Å². The van der Waals surface area contributed by atoms with Gasteiger partial charge >= 0.3 is 0 Å². The Morgan fingerprint density at radius 1 is 0.417 bits per heavy atom. The molecule has 1 heterocycles. The number of pyridine rings is 1. The molecule has 0 fully saturated rings. The number of rotatable bonds is 2. The number of fused-ring (bicyclic) bond motifs is 6. The number of nitrogens with zero attached hydrogens (tertiary/aromatic N) is 1. The minimum absolute atomic E-state index is 1.02.